The molecule has 1 amide bonds. The van der Waals surface area contributed by atoms with Gasteiger partial charge in [-0.25, -0.2) is 9.97 Å². The highest BCUT2D eigenvalue weighted by Gasteiger charge is 2.33. The number of nitrogens with zero attached hydrogens (tertiary/aromatic N) is 4. The summed E-state index contributed by atoms with van der Waals surface area (Å²) in [6.07, 6.45) is 5.85. The average Bonchev–Trinajstić information content (AvgIpc) is 3.65. The van der Waals surface area contributed by atoms with Crippen LogP contribution in [0.25, 0.3) is 22.2 Å². The molecule has 41 heavy (non-hydrogen) atoms. The molecule has 2 aliphatic heterocycles. The summed E-state index contributed by atoms with van der Waals surface area (Å²) in [7, 11) is 0. The number of aromatic nitrogens is 3. The third-order valence-corrected chi connectivity index (χ3v) is 8.23. The summed E-state index contributed by atoms with van der Waals surface area (Å²) in [4.78, 5) is 42.0. The molecular weight excluding hydrogens is 540 g/mol. The summed E-state index contributed by atoms with van der Waals surface area (Å²) in [5.74, 6) is 0.438. The number of carbonyl (C=O) groups is 2. The molecule has 0 radical (unpaired) electrons. The van der Waals surface area contributed by atoms with E-state index in [1.807, 2.05) is 65.7 Å². The molecule has 0 saturated carbocycles. The predicted octanol–water partition coefficient (Wildman–Crippen LogP) is 4.75. The largest absolute Gasteiger partial charge is 0.460 e. The summed E-state index contributed by atoms with van der Waals surface area (Å²) in [5.41, 5.74) is 3.59. The van der Waals surface area contributed by atoms with E-state index in [0.717, 1.165) is 41.3 Å². The van der Waals surface area contributed by atoms with Gasteiger partial charge in [-0.3, -0.25) is 14.5 Å². The molecule has 2 fully saturated rings. The van der Waals surface area contributed by atoms with Gasteiger partial charge in [0.05, 0.1) is 23.5 Å². The van der Waals surface area contributed by atoms with Gasteiger partial charge >= 0.3 is 5.97 Å². The fraction of sp³-hybridized carbons (Fsp3) is 0.355. The van der Waals surface area contributed by atoms with Crippen molar-refractivity contribution in [3.63, 3.8) is 0 Å². The molecule has 4 aromatic rings. The SMILES string of the molecule is O=C(CN1CCC(C(=O)N2CC[C@H](Nc3ncc(Cl)c(-c4c[nH]c5ccccc45)n3)C2)CC1)OCc1ccccc1. The number of amides is 1. The fourth-order valence-electron chi connectivity index (χ4n) is 5.72. The third kappa shape index (κ3) is 6.36. The van der Waals surface area contributed by atoms with Crippen LogP contribution in [0.15, 0.2) is 67.0 Å². The number of carbonyl (C=O) groups excluding carboxylic acids is 2. The monoisotopic (exact) mass is 572 g/mol. The van der Waals surface area contributed by atoms with Crippen molar-refractivity contribution in [1.82, 2.24) is 24.8 Å². The van der Waals surface area contributed by atoms with E-state index < -0.39 is 0 Å². The summed E-state index contributed by atoms with van der Waals surface area (Å²) in [5, 5.41) is 4.95. The number of piperidine rings is 1. The number of para-hydroxylation sites is 1. The molecule has 10 heteroatoms. The summed E-state index contributed by atoms with van der Waals surface area (Å²) < 4.78 is 5.42. The quantitative estimate of drug-likeness (QED) is 0.294. The zero-order chi connectivity index (χ0) is 28.2. The van der Waals surface area contributed by atoms with Gasteiger partial charge in [0, 0.05) is 47.7 Å². The Hall–Kier alpha value is -3.95. The Balaban J connectivity index is 0.984. The Morgan fingerprint density at radius 1 is 1.02 bits per heavy atom. The number of H-pyrrole nitrogens is 1. The zero-order valence-corrected chi connectivity index (χ0v) is 23.5. The van der Waals surface area contributed by atoms with Crippen LogP contribution in [0, 0.1) is 5.92 Å². The van der Waals surface area contributed by atoms with Crippen molar-refractivity contribution >= 4 is 40.3 Å². The number of rotatable bonds is 8. The van der Waals surface area contributed by atoms with E-state index in [9.17, 15) is 9.59 Å². The van der Waals surface area contributed by atoms with E-state index >= 15 is 0 Å². The number of halogens is 1. The van der Waals surface area contributed by atoms with Gasteiger partial charge in [0.25, 0.3) is 0 Å². The van der Waals surface area contributed by atoms with Gasteiger partial charge < -0.3 is 19.9 Å². The number of fused-ring (bicyclic) bond motifs is 1. The molecule has 0 aliphatic carbocycles. The second-order valence-corrected chi connectivity index (χ2v) is 11.2. The normalized spacial score (nSPS) is 18.1. The molecular formula is C31H33ClN6O3. The van der Waals surface area contributed by atoms with E-state index in [0.29, 0.717) is 42.8 Å². The van der Waals surface area contributed by atoms with Crippen LogP contribution >= 0.6 is 11.6 Å². The second-order valence-electron chi connectivity index (χ2n) is 10.7. The van der Waals surface area contributed by atoms with E-state index in [2.05, 4.69) is 20.2 Å². The second kappa shape index (κ2) is 12.3. The molecule has 2 saturated heterocycles. The molecule has 0 unspecified atom stereocenters. The van der Waals surface area contributed by atoms with Crippen LogP contribution in [0.5, 0.6) is 0 Å². The average molecular weight is 573 g/mol. The number of likely N-dealkylation sites (tertiary alicyclic amines) is 2. The van der Waals surface area contributed by atoms with Crippen LogP contribution < -0.4 is 5.32 Å². The van der Waals surface area contributed by atoms with E-state index in [4.69, 9.17) is 21.3 Å². The lowest BCUT2D eigenvalue weighted by Crippen LogP contribution is -2.43. The topological polar surface area (TPSA) is 103 Å². The number of nitrogens with one attached hydrogen (secondary N) is 2. The molecule has 9 nitrogen and oxygen atoms in total. The van der Waals surface area contributed by atoms with Crippen LogP contribution in [-0.4, -0.2) is 75.4 Å². The van der Waals surface area contributed by atoms with Gasteiger partial charge in [-0.15, -0.1) is 0 Å². The van der Waals surface area contributed by atoms with Crippen molar-refractivity contribution in [2.75, 3.05) is 38.0 Å². The fourth-order valence-corrected chi connectivity index (χ4v) is 5.91. The number of ether oxygens (including phenoxy) is 1. The number of aromatic amines is 1. The van der Waals surface area contributed by atoms with Gasteiger partial charge in [0.2, 0.25) is 11.9 Å². The third-order valence-electron chi connectivity index (χ3n) is 7.95. The maximum absolute atomic E-state index is 13.3. The zero-order valence-electron chi connectivity index (χ0n) is 22.8. The molecule has 4 heterocycles. The molecule has 1 atom stereocenters. The maximum Gasteiger partial charge on any atom is 0.320 e. The van der Waals surface area contributed by atoms with E-state index in [-0.39, 0.29) is 37.0 Å². The number of benzene rings is 2. The van der Waals surface area contributed by atoms with Gasteiger partial charge in [-0.05, 0) is 44.0 Å². The van der Waals surface area contributed by atoms with Crippen molar-refractivity contribution in [3.05, 3.63) is 77.6 Å². The van der Waals surface area contributed by atoms with Crippen molar-refractivity contribution in [2.24, 2.45) is 5.92 Å². The highest BCUT2D eigenvalue weighted by molar-refractivity contribution is 6.33. The number of anilines is 1. The highest BCUT2D eigenvalue weighted by Crippen LogP contribution is 2.32. The Labute approximate surface area is 243 Å². The molecule has 2 aromatic heterocycles. The van der Waals surface area contributed by atoms with Crippen molar-refractivity contribution < 1.29 is 14.3 Å². The standard InChI is InChI=1S/C31H33ClN6O3/c32-26-17-34-31(36-29(26)25-16-33-27-9-5-4-8-24(25)27)35-23-12-15-38(18-23)30(40)22-10-13-37(14-11-22)19-28(39)41-20-21-6-2-1-3-7-21/h1-9,16-17,22-23,33H,10-15,18-20H2,(H,34,35,36)/t23-/m0/s1. The first kappa shape index (κ1) is 27.2. The van der Waals surface area contributed by atoms with E-state index in [1.165, 1.54) is 0 Å². The lowest BCUT2D eigenvalue weighted by molar-refractivity contribution is -0.146. The maximum atomic E-state index is 13.3. The Morgan fingerprint density at radius 2 is 1.80 bits per heavy atom. The van der Waals surface area contributed by atoms with Gasteiger partial charge in [-0.1, -0.05) is 60.1 Å². The van der Waals surface area contributed by atoms with Crippen molar-refractivity contribution in [1.29, 1.82) is 0 Å². The van der Waals surface area contributed by atoms with E-state index in [1.54, 1.807) is 6.20 Å². The van der Waals surface area contributed by atoms with Gasteiger partial charge in [-0.2, -0.15) is 0 Å². The first-order valence-corrected chi connectivity index (χ1v) is 14.5. The van der Waals surface area contributed by atoms with Crippen molar-refractivity contribution in [3.8, 4) is 11.3 Å². The molecule has 2 N–H and O–H groups in total. The Morgan fingerprint density at radius 3 is 2.63 bits per heavy atom. The minimum atomic E-state index is -0.232. The summed E-state index contributed by atoms with van der Waals surface area (Å²) >= 11 is 6.49. The first-order valence-electron chi connectivity index (χ1n) is 14.1. The van der Waals surface area contributed by atoms with Crippen LogP contribution in [0.4, 0.5) is 5.95 Å². The Kier molecular flexibility index (Phi) is 8.16. The van der Waals surface area contributed by atoms with Crippen LogP contribution in [0.2, 0.25) is 5.02 Å². The molecule has 2 aromatic carbocycles. The number of hydrogen-bond acceptors (Lipinski definition) is 7. The summed E-state index contributed by atoms with van der Waals surface area (Å²) in [6.45, 7) is 3.27. The molecule has 0 spiro atoms. The predicted molar refractivity (Wildman–Crippen MR) is 158 cm³/mol. The first-order chi connectivity index (χ1) is 20.0. The van der Waals surface area contributed by atoms with Crippen LogP contribution in [-0.2, 0) is 20.9 Å². The minimum Gasteiger partial charge on any atom is -0.460 e. The number of hydrogen-bond donors (Lipinski definition) is 2. The van der Waals surface area contributed by atoms with Crippen LogP contribution in [0.1, 0.15) is 24.8 Å². The molecule has 6 rings (SSSR count). The lowest BCUT2D eigenvalue weighted by Gasteiger charge is -2.32. The van der Waals surface area contributed by atoms with Crippen molar-refractivity contribution in [2.45, 2.75) is 31.9 Å². The molecule has 212 valence electrons. The van der Waals surface area contributed by atoms with Gasteiger partial charge in [0.15, 0.2) is 0 Å². The van der Waals surface area contributed by atoms with Gasteiger partial charge in [0.1, 0.15) is 6.61 Å². The van der Waals surface area contributed by atoms with Crippen LogP contribution in [0.3, 0.4) is 0 Å². The highest BCUT2D eigenvalue weighted by atomic mass is 35.5. The lowest BCUT2D eigenvalue weighted by atomic mass is 9.95. The smallest absolute Gasteiger partial charge is 0.320 e. The molecule has 0 bridgehead atoms. The molecule has 2 aliphatic rings. The Bertz CT molecular complexity index is 1520. The number of esters is 1. The summed E-state index contributed by atoms with van der Waals surface area (Å²) in [6, 6.07) is 17.8. The minimum absolute atomic E-state index is 0.0226.